The van der Waals surface area contributed by atoms with Gasteiger partial charge in [0.1, 0.15) is 0 Å². The van der Waals surface area contributed by atoms with Crippen LogP contribution in [0.25, 0.3) is 0 Å². The molecule has 0 saturated carbocycles. The maximum absolute atomic E-state index is 10.7. The van der Waals surface area contributed by atoms with Gasteiger partial charge in [0.2, 0.25) is 0 Å². The average molecular weight is 252 g/mol. The first-order chi connectivity index (χ1) is 8.45. The molecule has 1 rings (SSSR count). The first kappa shape index (κ1) is 14.6. The van der Waals surface area contributed by atoms with Crippen molar-refractivity contribution >= 4 is 5.69 Å². The Kier molecular flexibility index (Phi) is 5.25. The van der Waals surface area contributed by atoms with Crippen LogP contribution in [0.1, 0.15) is 32.4 Å². The summed E-state index contributed by atoms with van der Waals surface area (Å²) in [6.45, 7) is 6.03. The highest BCUT2D eigenvalue weighted by Gasteiger charge is 2.16. The Balaban J connectivity index is 2.75. The Hall–Kier alpha value is -1.46. The zero-order valence-electron chi connectivity index (χ0n) is 11.0. The predicted octanol–water partition coefficient (Wildman–Crippen LogP) is 2.26. The summed E-state index contributed by atoms with van der Waals surface area (Å²) in [4.78, 5) is 10.3. The number of hydrogen-bond acceptors (Lipinski definition) is 4. The number of nitro benzene ring substituents is 1. The molecular formula is C13H20N2O3. The molecule has 0 heterocycles. The molecule has 0 aliphatic rings. The molecule has 2 N–H and O–H groups in total. The number of rotatable bonds is 6. The van der Waals surface area contributed by atoms with Crippen LogP contribution in [0.15, 0.2) is 24.3 Å². The van der Waals surface area contributed by atoms with Crippen molar-refractivity contribution in [3.05, 3.63) is 39.9 Å². The van der Waals surface area contributed by atoms with Crippen LogP contribution in [0.3, 0.4) is 0 Å². The summed E-state index contributed by atoms with van der Waals surface area (Å²) < 4.78 is 0. The maximum atomic E-state index is 10.7. The standard InChI is InChI=1S/C13H20N2O3/c1-9(8-16)10(2)14-11(3)12-5-4-6-13(7-12)15(17)18/h4-7,9-11,14,16H,8H2,1-3H3. The first-order valence-electron chi connectivity index (χ1n) is 6.07. The molecule has 0 aliphatic carbocycles. The third-order valence-corrected chi connectivity index (χ3v) is 3.24. The van der Waals surface area contributed by atoms with Gasteiger partial charge in [0, 0.05) is 30.8 Å². The molecule has 5 nitrogen and oxygen atoms in total. The van der Waals surface area contributed by atoms with Crippen LogP contribution in [-0.4, -0.2) is 22.7 Å². The molecule has 0 aromatic heterocycles. The molecule has 0 fully saturated rings. The van der Waals surface area contributed by atoms with E-state index in [1.165, 1.54) is 6.07 Å². The number of benzene rings is 1. The third kappa shape index (κ3) is 3.78. The summed E-state index contributed by atoms with van der Waals surface area (Å²) in [6.07, 6.45) is 0. The van der Waals surface area contributed by atoms with Gasteiger partial charge in [-0.25, -0.2) is 0 Å². The second-order valence-electron chi connectivity index (χ2n) is 4.69. The van der Waals surface area contributed by atoms with Gasteiger partial charge in [0.15, 0.2) is 0 Å². The van der Waals surface area contributed by atoms with E-state index in [9.17, 15) is 10.1 Å². The molecule has 3 atom stereocenters. The lowest BCUT2D eigenvalue weighted by Crippen LogP contribution is -2.35. The van der Waals surface area contributed by atoms with Crippen molar-refractivity contribution < 1.29 is 10.0 Å². The molecule has 1 aromatic rings. The molecule has 0 bridgehead atoms. The van der Waals surface area contributed by atoms with E-state index in [-0.39, 0.29) is 30.3 Å². The fourth-order valence-corrected chi connectivity index (χ4v) is 1.72. The summed E-state index contributed by atoms with van der Waals surface area (Å²) in [5.41, 5.74) is 0.977. The highest BCUT2D eigenvalue weighted by Crippen LogP contribution is 2.20. The van der Waals surface area contributed by atoms with Gasteiger partial charge in [-0.1, -0.05) is 19.1 Å². The van der Waals surface area contributed by atoms with E-state index in [1.54, 1.807) is 12.1 Å². The van der Waals surface area contributed by atoms with Gasteiger partial charge < -0.3 is 10.4 Å². The van der Waals surface area contributed by atoms with Crippen LogP contribution in [0, 0.1) is 16.0 Å². The summed E-state index contributed by atoms with van der Waals surface area (Å²) >= 11 is 0. The predicted molar refractivity (Wildman–Crippen MR) is 70.4 cm³/mol. The second-order valence-corrected chi connectivity index (χ2v) is 4.69. The van der Waals surface area contributed by atoms with Crippen molar-refractivity contribution in [2.24, 2.45) is 5.92 Å². The van der Waals surface area contributed by atoms with Crippen LogP contribution in [0.2, 0.25) is 0 Å². The molecule has 0 spiro atoms. The van der Waals surface area contributed by atoms with E-state index >= 15 is 0 Å². The summed E-state index contributed by atoms with van der Waals surface area (Å²) in [7, 11) is 0. The van der Waals surface area contributed by atoms with E-state index in [4.69, 9.17) is 5.11 Å². The van der Waals surface area contributed by atoms with Crippen molar-refractivity contribution in [2.45, 2.75) is 32.9 Å². The van der Waals surface area contributed by atoms with Gasteiger partial charge in [0.05, 0.1) is 4.92 Å². The molecule has 18 heavy (non-hydrogen) atoms. The molecule has 0 radical (unpaired) electrons. The van der Waals surface area contributed by atoms with E-state index in [0.717, 1.165) is 5.56 Å². The van der Waals surface area contributed by atoms with E-state index in [0.29, 0.717) is 0 Å². The Morgan fingerprint density at radius 2 is 2.06 bits per heavy atom. The normalized spacial score (nSPS) is 16.0. The fourth-order valence-electron chi connectivity index (χ4n) is 1.72. The van der Waals surface area contributed by atoms with Gasteiger partial charge in [-0.2, -0.15) is 0 Å². The molecule has 1 aromatic carbocycles. The summed E-state index contributed by atoms with van der Waals surface area (Å²) in [5.74, 6) is 0.145. The third-order valence-electron chi connectivity index (χ3n) is 3.24. The summed E-state index contributed by atoms with van der Waals surface area (Å²) in [6, 6.07) is 6.76. The van der Waals surface area contributed by atoms with Gasteiger partial charge in [-0.3, -0.25) is 10.1 Å². The van der Waals surface area contributed by atoms with Crippen LogP contribution < -0.4 is 5.32 Å². The molecule has 0 amide bonds. The number of nitrogens with zero attached hydrogens (tertiary/aromatic N) is 1. The summed E-state index contributed by atoms with van der Waals surface area (Å²) in [5, 5.41) is 23.1. The minimum absolute atomic E-state index is 0.00824. The number of aliphatic hydroxyl groups excluding tert-OH is 1. The number of hydrogen-bond donors (Lipinski definition) is 2. The maximum Gasteiger partial charge on any atom is 0.269 e. The van der Waals surface area contributed by atoms with Crippen LogP contribution in [0.4, 0.5) is 5.69 Å². The Bertz CT molecular complexity index is 409. The average Bonchev–Trinajstić information content (AvgIpc) is 2.37. The van der Waals surface area contributed by atoms with Gasteiger partial charge in [-0.05, 0) is 25.3 Å². The van der Waals surface area contributed by atoms with Crippen LogP contribution in [-0.2, 0) is 0 Å². The van der Waals surface area contributed by atoms with Crippen LogP contribution in [0.5, 0.6) is 0 Å². The fraction of sp³-hybridized carbons (Fsp3) is 0.538. The van der Waals surface area contributed by atoms with Crippen molar-refractivity contribution in [3.8, 4) is 0 Å². The van der Waals surface area contributed by atoms with Crippen molar-refractivity contribution in [1.29, 1.82) is 0 Å². The van der Waals surface area contributed by atoms with Gasteiger partial charge >= 0.3 is 0 Å². The first-order valence-corrected chi connectivity index (χ1v) is 6.07. The van der Waals surface area contributed by atoms with E-state index in [1.807, 2.05) is 26.8 Å². The largest absolute Gasteiger partial charge is 0.396 e. The second kappa shape index (κ2) is 6.47. The lowest BCUT2D eigenvalue weighted by molar-refractivity contribution is -0.384. The van der Waals surface area contributed by atoms with Gasteiger partial charge in [-0.15, -0.1) is 0 Å². The highest BCUT2D eigenvalue weighted by atomic mass is 16.6. The van der Waals surface area contributed by atoms with Gasteiger partial charge in [0.25, 0.3) is 5.69 Å². The van der Waals surface area contributed by atoms with Crippen molar-refractivity contribution in [1.82, 2.24) is 5.32 Å². The number of aliphatic hydroxyl groups is 1. The van der Waals surface area contributed by atoms with E-state index < -0.39 is 4.92 Å². The Morgan fingerprint density at radius 1 is 1.39 bits per heavy atom. The van der Waals surface area contributed by atoms with Crippen molar-refractivity contribution in [3.63, 3.8) is 0 Å². The SMILES string of the molecule is CC(NC(C)C(C)CO)c1cccc([N+](=O)[O-])c1. The molecule has 5 heteroatoms. The quantitative estimate of drug-likeness (QED) is 0.601. The lowest BCUT2D eigenvalue weighted by Gasteiger charge is -2.24. The zero-order chi connectivity index (χ0) is 13.7. The zero-order valence-corrected chi connectivity index (χ0v) is 11.0. The molecular weight excluding hydrogens is 232 g/mol. The van der Waals surface area contributed by atoms with Crippen molar-refractivity contribution in [2.75, 3.05) is 6.61 Å². The Labute approximate surface area is 107 Å². The minimum Gasteiger partial charge on any atom is -0.396 e. The highest BCUT2D eigenvalue weighted by molar-refractivity contribution is 5.35. The number of non-ortho nitro benzene ring substituents is 1. The smallest absolute Gasteiger partial charge is 0.269 e. The molecule has 0 saturated heterocycles. The topological polar surface area (TPSA) is 75.4 Å². The number of nitrogens with one attached hydrogen (secondary N) is 1. The monoisotopic (exact) mass is 252 g/mol. The van der Waals surface area contributed by atoms with E-state index in [2.05, 4.69) is 5.32 Å². The minimum atomic E-state index is -0.393. The lowest BCUT2D eigenvalue weighted by atomic mass is 10.0. The molecule has 3 unspecified atom stereocenters. The Morgan fingerprint density at radius 3 is 2.61 bits per heavy atom. The molecule has 100 valence electrons. The van der Waals surface area contributed by atoms with Crippen LogP contribution >= 0.6 is 0 Å². The number of nitro groups is 1. The molecule has 0 aliphatic heterocycles.